The Morgan fingerprint density at radius 2 is 1.80 bits per heavy atom. The molecule has 136 valence electrons. The monoisotopic (exact) mass is 345 g/mol. The maximum atomic E-state index is 11.5. The molecule has 1 unspecified atom stereocenters. The second-order valence-electron chi connectivity index (χ2n) is 6.59. The number of Topliss-reactive ketones (excluding diaryl/α,β-unsaturated/α-hetero) is 2. The van der Waals surface area contributed by atoms with E-state index in [1.54, 1.807) is 6.07 Å². The molecule has 1 aliphatic heterocycles. The number of imide groups is 1. The molecule has 5 heteroatoms. The van der Waals surface area contributed by atoms with Crippen LogP contribution in [0.4, 0.5) is 0 Å². The summed E-state index contributed by atoms with van der Waals surface area (Å²) < 4.78 is 0. The SMILES string of the molecule is CC(=O)c1cccc(C(C)C)c1C(C)=O.CCC1CCC(=O)NC1=O. The smallest absolute Gasteiger partial charge is 0.229 e. The zero-order chi connectivity index (χ0) is 19.1. The predicted octanol–water partition coefficient (Wildman–Crippen LogP) is 3.66. The van der Waals surface area contributed by atoms with Crippen LogP contribution in [-0.2, 0) is 9.59 Å². The number of hydrogen-bond acceptors (Lipinski definition) is 4. The molecule has 1 aliphatic rings. The Balaban J connectivity index is 0.000000271. The molecule has 0 aliphatic carbocycles. The lowest BCUT2D eigenvalue weighted by atomic mass is 9.90. The molecule has 25 heavy (non-hydrogen) atoms. The van der Waals surface area contributed by atoms with Crippen LogP contribution in [-0.4, -0.2) is 23.4 Å². The maximum Gasteiger partial charge on any atom is 0.229 e. The molecule has 0 bridgehead atoms. The number of nitrogens with one attached hydrogen (secondary N) is 1. The highest BCUT2D eigenvalue weighted by molar-refractivity contribution is 6.08. The van der Waals surface area contributed by atoms with E-state index in [1.807, 2.05) is 32.9 Å². The molecule has 2 rings (SSSR count). The lowest BCUT2D eigenvalue weighted by molar-refractivity contribution is -0.136. The van der Waals surface area contributed by atoms with Crippen molar-refractivity contribution in [1.29, 1.82) is 0 Å². The van der Waals surface area contributed by atoms with Crippen molar-refractivity contribution in [3.63, 3.8) is 0 Å². The van der Waals surface area contributed by atoms with Gasteiger partial charge in [0.15, 0.2) is 11.6 Å². The van der Waals surface area contributed by atoms with Gasteiger partial charge in [0.1, 0.15) is 0 Å². The van der Waals surface area contributed by atoms with Gasteiger partial charge >= 0.3 is 0 Å². The zero-order valence-electron chi connectivity index (χ0n) is 15.6. The Morgan fingerprint density at radius 3 is 2.24 bits per heavy atom. The van der Waals surface area contributed by atoms with Gasteiger partial charge in [-0.1, -0.05) is 39.0 Å². The average Bonchev–Trinajstić information content (AvgIpc) is 2.54. The summed E-state index contributed by atoms with van der Waals surface area (Å²) in [5.74, 6) is 0.00144. The van der Waals surface area contributed by atoms with E-state index in [0.717, 1.165) is 18.4 Å². The van der Waals surface area contributed by atoms with E-state index in [2.05, 4.69) is 5.32 Å². The van der Waals surface area contributed by atoms with E-state index in [0.29, 0.717) is 17.5 Å². The van der Waals surface area contributed by atoms with Crippen molar-refractivity contribution < 1.29 is 19.2 Å². The second-order valence-corrected chi connectivity index (χ2v) is 6.59. The largest absolute Gasteiger partial charge is 0.296 e. The average molecular weight is 345 g/mol. The van der Waals surface area contributed by atoms with E-state index >= 15 is 0 Å². The summed E-state index contributed by atoms with van der Waals surface area (Å²) >= 11 is 0. The van der Waals surface area contributed by atoms with Crippen LogP contribution in [0.1, 0.15) is 86.1 Å². The minimum atomic E-state index is -0.130. The van der Waals surface area contributed by atoms with Crippen LogP contribution in [0.2, 0.25) is 0 Å². The van der Waals surface area contributed by atoms with Crippen molar-refractivity contribution >= 4 is 23.4 Å². The molecular weight excluding hydrogens is 318 g/mol. The van der Waals surface area contributed by atoms with Crippen LogP contribution in [0.3, 0.4) is 0 Å². The normalized spacial score (nSPS) is 16.8. The first-order chi connectivity index (χ1) is 11.7. The van der Waals surface area contributed by atoms with Crippen LogP contribution in [0, 0.1) is 5.92 Å². The summed E-state index contributed by atoms with van der Waals surface area (Å²) in [7, 11) is 0. The Kier molecular flexibility index (Phi) is 7.68. The van der Waals surface area contributed by atoms with Gasteiger partial charge in [0.05, 0.1) is 0 Å². The molecule has 1 fully saturated rings. The van der Waals surface area contributed by atoms with Gasteiger partial charge in [0.25, 0.3) is 0 Å². The third kappa shape index (κ3) is 5.62. The number of hydrogen-bond donors (Lipinski definition) is 1. The van der Waals surface area contributed by atoms with E-state index in [4.69, 9.17) is 0 Å². The highest BCUT2D eigenvalue weighted by Gasteiger charge is 2.24. The zero-order valence-corrected chi connectivity index (χ0v) is 15.6. The van der Waals surface area contributed by atoms with Crippen LogP contribution < -0.4 is 5.32 Å². The topological polar surface area (TPSA) is 80.3 Å². The second kappa shape index (κ2) is 9.25. The van der Waals surface area contributed by atoms with Crippen molar-refractivity contribution in [3.8, 4) is 0 Å². The molecule has 5 nitrogen and oxygen atoms in total. The molecule has 1 aromatic carbocycles. The van der Waals surface area contributed by atoms with Gasteiger partial charge < -0.3 is 0 Å². The summed E-state index contributed by atoms with van der Waals surface area (Å²) in [5.41, 5.74) is 2.07. The molecule has 0 spiro atoms. The maximum absolute atomic E-state index is 11.5. The van der Waals surface area contributed by atoms with Crippen LogP contribution in [0.25, 0.3) is 0 Å². The molecule has 1 aromatic rings. The van der Waals surface area contributed by atoms with Gasteiger partial charge in [-0.3, -0.25) is 24.5 Å². The Hall–Kier alpha value is -2.30. The summed E-state index contributed by atoms with van der Waals surface area (Å²) in [6, 6.07) is 5.46. The molecule has 1 saturated heterocycles. The van der Waals surface area contributed by atoms with Crippen molar-refractivity contribution in [2.45, 2.75) is 59.8 Å². The molecule has 2 amide bonds. The number of rotatable bonds is 4. The number of piperidine rings is 1. The molecule has 1 atom stereocenters. The first kappa shape index (κ1) is 20.7. The van der Waals surface area contributed by atoms with Crippen LogP contribution in [0.5, 0.6) is 0 Å². The fraction of sp³-hybridized carbons (Fsp3) is 0.500. The Bertz CT molecular complexity index is 676. The van der Waals surface area contributed by atoms with Crippen molar-refractivity contribution in [3.05, 3.63) is 34.9 Å². The summed E-state index contributed by atoms with van der Waals surface area (Å²) in [6.45, 7) is 9.00. The highest BCUT2D eigenvalue weighted by atomic mass is 16.2. The first-order valence-electron chi connectivity index (χ1n) is 8.67. The van der Waals surface area contributed by atoms with Crippen molar-refractivity contribution in [2.24, 2.45) is 5.92 Å². The predicted molar refractivity (Wildman–Crippen MR) is 96.7 cm³/mol. The lowest BCUT2D eigenvalue weighted by Crippen LogP contribution is -2.40. The summed E-state index contributed by atoms with van der Waals surface area (Å²) in [5, 5.41) is 2.30. The fourth-order valence-electron chi connectivity index (χ4n) is 2.87. The standard InChI is InChI=1S/C13H16O2.C7H11NO2/c1-8(2)11-6-5-7-12(9(3)14)13(11)10(4)15;1-2-5-3-4-6(9)8-7(5)10/h5-8H,1-4H3;5H,2-4H2,1H3,(H,8,9,10). The van der Waals surface area contributed by atoms with Gasteiger partial charge in [-0.2, -0.15) is 0 Å². The lowest BCUT2D eigenvalue weighted by Gasteiger charge is -2.18. The minimum Gasteiger partial charge on any atom is -0.296 e. The number of carbonyl (C=O) groups excluding carboxylic acids is 4. The molecular formula is C20H27NO4. The van der Waals surface area contributed by atoms with Gasteiger partial charge in [-0.15, -0.1) is 0 Å². The van der Waals surface area contributed by atoms with E-state index in [-0.39, 0.29) is 35.2 Å². The van der Waals surface area contributed by atoms with Crippen molar-refractivity contribution in [1.82, 2.24) is 5.32 Å². The number of carbonyl (C=O) groups is 4. The van der Waals surface area contributed by atoms with Crippen molar-refractivity contribution in [2.75, 3.05) is 0 Å². The van der Waals surface area contributed by atoms with E-state index in [9.17, 15) is 19.2 Å². The molecule has 0 aromatic heterocycles. The third-order valence-corrected chi connectivity index (χ3v) is 4.30. The minimum absolute atomic E-state index is 0.0375. The molecule has 0 radical (unpaired) electrons. The van der Waals surface area contributed by atoms with Gasteiger partial charge in [0.2, 0.25) is 11.8 Å². The first-order valence-corrected chi connectivity index (χ1v) is 8.67. The summed E-state index contributed by atoms with van der Waals surface area (Å²) in [4.78, 5) is 44.4. The van der Waals surface area contributed by atoms with Gasteiger partial charge in [-0.25, -0.2) is 0 Å². The molecule has 0 saturated carbocycles. The van der Waals surface area contributed by atoms with Gasteiger partial charge in [-0.05, 0) is 38.2 Å². The Labute approximate surface area is 149 Å². The van der Waals surface area contributed by atoms with E-state index in [1.165, 1.54) is 13.8 Å². The quantitative estimate of drug-likeness (QED) is 0.667. The van der Waals surface area contributed by atoms with Crippen LogP contribution in [0.15, 0.2) is 18.2 Å². The molecule has 1 N–H and O–H groups in total. The van der Waals surface area contributed by atoms with E-state index < -0.39 is 0 Å². The molecule has 1 heterocycles. The fourth-order valence-corrected chi connectivity index (χ4v) is 2.87. The van der Waals surface area contributed by atoms with Gasteiger partial charge in [0, 0.05) is 23.5 Å². The van der Waals surface area contributed by atoms with Crippen LogP contribution >= 0.6 is 0 Å². The number of amides is 2. The third-order valence-electron chi connectivity index (χ3n) is 4.30. The summed E-state index contributed by atoms with van der Waals surface area (Å²) in [6.07, 6.45) is 2.06. The number of ketones is 2. The Morgan fingerprint density at radius 1 is 1.16 bits per heavy atom. The number of benzene rings is 1. The highest BCUT2D eigenvalue weighted by Crippen LogP contribution is 2.23.